The van der Waals surface area contributed by atoms with Crippen LogP contribution in [0.5, 0.6) is 0 Å². The molecule has 0 bridgehead atoms. The highest BCUT2D eigenvalue weighted by atomic mass is 32.1. The van der Waals surface area contributed by atoms with E-state index in [9.17, 15) is 38.7 Å². The number of carboxylic acids is 1. The van der Waals surface area contributed by atoms with E-state index >= 15 is 0 Å². The van der Waals surface area contributed by atoms with Crippen LogP contribution in [0.15, 0.2) is 0 Å². The highest BCUT2D eigenvalue weighted by Gasteiger charge is 2.31. The number of hydrogen-bond donors (Lipinski definition) is 9. The smallest absolute Gasteiger partial charge is 0.326 e. The predicted octanol–water partition coefficient (Wildman–Crippen LogP) is -4.81. The first kappa shape index (κ1) is 29.6. The monoisotopic (exact) mass is 491 g/mol. The number of hydrogen-bond acceptors (Lipinski definition) is 9. The number of nitrogens with two attached hydrogens (primary N) is 4. The van der Waals surface area contributed by atoms with Gasteiger partial charge in [0.2, 0.25) is 35.4 Å². The van der Waals surface area contributed by atoms with Crippen molar-refractivity contribution in [3.63, 3.8) is 0 Å². The Hall–Kier alpha value is -3.40. The first-order chi connectivity index (χ1) is 15.3. The van der Waals surface area contributed by atoms with Crippen molar-refractivity contribution in [2.45, 2.75) is 56.3 Å². The van der Waals surface area contributed by atoms with Gasteiger partial charge in [0, 0.05) is 18.6 Å². The zero-order valence-electron chi connectivity index (χ0n) is 17.6. The number of carbonyl (C=O) groups is 7. The third-order valence-electron chi connectivity index (χ3n) is 4.18. The molecule has 0 aliphatic carbocycles. The van der Waals surface area contributed by atoms with Gasteiger partial charge in [0.15, 0.2) is 0 Å². The maximum Gasteiger partial charge on any atom is 0.326 e. The van der Waals surface area contributed by atoms with Crippen LogP contribution in [0.2, 0.25) is 0 Å². The molecule has 12 N–H and O–H groups in total. The molecular formula is C17H29N7O8S. The first-order valence-corrected chi connectivity index (χ1v) is 10.3. The van der Waals surface area contributed by atoms with Crippen LogP contribution < -0.4 is 38.9 Å². The Morgan fingerprint density at radius 3 is 1.55 bits per heavy atom. The van der Waals surface area contributed by atoms with E-state index in [-0.39, 0.29) is 31.4 Å². The Morgan fingerprint density at radius 1 is 0.697 bits per heavy atom. The Balaban J connectivity index is 5.56. The molecule has 6 amide bonds. The highest BCUT2D eigenvalue weighted by molar-refractivity contribution is 7.80. The van der Waals surface area contributed by atoms with E-state index in [1.807, 2.05) is 0 Å². The summed E-state index contributed by atoms with van der Waals surface area (Å²) in [5.41, 5.74) is 20.7. The van der Waals surface area contributed by atoms with Gasteiger partial charge in [0.25, 0.3) is 0 Å². The second kappa shape index (κ2) is 14.6. The predicted molar refractivity (Wildman–Crippen MR) is 116 cm³/mol. The van der Waals surface area contributed by atoms with Gasteiger partial charge in [-0.25, -0.2) is 4.79 Å². The van der Waals surface area contributed by atoms with Crippen LogP contribution in [-0.2, 0) is 33.6 Å². The largest absolute Gasteiger partial charge is 0.480 e. The Bertz CT molecular complexity index is 778. The van der Waals surface area contributed by atoms with Gasteiger partial charge in [-0.15, -0.1) is 0 Å². The molecule has 33 heavy (non-hydrogen) atoms. The highest BCUT2D eigenvalue weighted by Crippen LogP contribution is 2.04. The Kier molecular flexibility index (Phi) is 13.1. The molecule has 0 fully saturated rings. The molecule has 4 unspecified atom stereocenters. The second-order valence-electron chi connectivity index (χ2n) is 6.99. The summed E-state index contributed by atoms with van der Waals surface area (Å²) in [4.78, 5) is 82.0. The number of rotatable bonds is 16. The van der Waals surface area contributed by atoms with Crippen LogP contribution in [0.25, 0.3) is 0 Å². The number of aliphatic carboxylic acids is 1. The minimum atomic E-state index is -1.52. The molecule has 0 saturated carbocycles. The SMILES string of the molecule is NC(=O)CCC(NC(=O)C(CCC(N)=O)NC(=O)C(CC(N)=O)NC(=O)C(N)CS)C(=O)O. The molecule has 0 aromatic heterocycles. The fourth-order valence-corrected chi connectivity index (χ4v) is 2.58. The van der Waals surface area contributed by atoms with Gasteiger partial charge in [-0.3, -0.25) is 28.8 Å². The number of thiol groups is 1. The van der Waals surface area contributed by atoms with Crippen molar-refractivity contribution in [3.05, 3.63) is 0 Å². The van der Waals surface area contributed by atoms with E-state index < -0.39 is 72.0 Å². The summed E-state index contributed by atoms with van der Waals surface area (Å²) < 4.78 is 0. The van der Waals surface area contributed by atoms with Crippen LogP contribution in [0.3, 0.4) is 0 Å². The van der Waals surface area contributed by atoms with Gasteiger partial charge in [-0.2, -0.15) is 12.6 Å². The average molecular weight is 492 g/mol. The van der Waals surface area contributed by atoms with Crippen molar-refractivity contribution < 1.29 is 38.7 Å². The van der Waals surface area contributed by atoms with E-state index in [2.05, 4.69) is 28.6 Å². The van der Waals surface area contributed by atoms with Crippen molar-refractivity contribution in [2.75, 3.05) is 5.75 Å². The molecular weight excluding hydrogens is 462 g/mol. The van der Waals surface area contributed by atoms with Crippen molar-refractivity contribution in [1.82, 2.24) is 16.0 Å². The van der Waals surface area contributed by atoms with Gasteiger partial charge in [-0.1, -0.05) is 0 Å². The third-order valence-corrected chi connectivity index (χ3v) is 4.57. The molecule has 15 nitrogen and oxygen atoms in total. The lowest BCUT2D eigenvalue weighted by atomic mass is 10.1. The summed E-state index contributed by atoms with van der Waals surface area (Å²) >= 11 is 3.85. The molecule has 0 heterocycles. The van der Waals surface area contributed by atoms with Crippen LogP contribution in [-0.4, -0.2) is 76.4 Å². The quantitative estimate of drug-likeness (QED) is 0.0935. The number of carbonyl (C=O) groups excluding carboxylic acids is 6. The van der Waals surface area contributed by atoms with E-state index in [4.69, 9.17) is 22.9 Å². The van der Waals surface area contributed by atoms with Gasteiger partial charge in [-0.05, 0) is 12.8 Å². The van der Waals surface area contributed by atoms with E-state index in [0.29, 0.717) is 0 Å². The topological polar surface area (TPSA) is 280 Å². The fourth-order valence-electron chi connectivity index (χ4n) is 2.42. The number of nitrogens with one attached hydrogen (secondary N) is 3. The van der Waals surface area contributed by atoms with Crippen LogP contribution in [0, 0.1) is 0 Å². The van der Waals surface area contributed by atoms with Crippen molar-refractivity contribution in [2.24, 2.45) is 22.9 Å². The second-order valence-corrected chi connectivity index (χ2v) is 7.36. The van der Waals surface area contributed by atoms with Crippen LogP contribution >= 0.6 is 12.6 Å². The lowest BCUT2D eigenvalue weighted by Gasteiger charge is -2.24. The molecule has 0 aromatic carbocycles. The standard InChI is InChI=1S/C17H29N7O8S/c18-7(6-33)14(28)24-10(5-13(21)27)16(30)22-8(1-3-11(19)25)15(29)23-9(17(31)32)2-4-12(20)26/h7-10,33H,1-6,18H2,(H2,19,25)(H2,20,26)(H2,21,27)(H,22,30)(H,23,29)(H,24,28)(H,31,32). The Labute approximate surface area is 194 Å². The molecule has 0 aliphatic heterocycles. The van der Waals surface area contributed by atoms with E-state index in [0.717, 1.165) is 0 Å². The molecule has 16 heteroatoms. The molecule has 0 spiro atoms. The minimum Gasteiger partial charge on any atom is -0.480 e. The average Bonchev–Trinajstić information content (AvgIpc) is 2.71. The first-order valence-electron chi connectivity index (χ1n) is 9.63. The zero-order chi connectivity index (χ0) is 25.7. The van der Waals surface area contributed by atoms with Crippen molar-refractivity contribution in [1.29, 1.82) is 0 Å². The van der Waals surface area contributed by atoms with Crippen LogP contribution in [0.4, 0.5) is 0 Å². The molecule has 0 saturated heterocycles. The maximum absolute atomic E-state index is 12.7. The zero-order valence-corrected chi connectivity index (χ0v) is 18.5. The summed E-state index contributed by atoms with van der Waals surface area (Å²) in [6, 6.07) is -5.62. The molecule has 0 radical (unpaired) electrons. The van der Waals surface area contributed by atoms with E-state index in [1.165, 1.54) is 0 Å². The lowest BCUT2D eigenvalue weighted by Crippen LogP contribution is -2.58. The number of carboxylic acid groups (broad SMARTS) is 1. The summed E-state index contributed by atoms with van der Waals surface area (Å²) in [6.07, 6.45) is -2.00. The normalized spacial score (nSPS) is 14.1. The van der Waals surface area contributed by atoms with E-state index in [1.54, 1.807) is 0 Å². The molecule has 0 aliphatic rings. The summed E-state index contributed by atoms with van der Waals surface area (Å²) in [5.74, 6) is -6.95. The molecule has 4 atom stereocenters. The van der Waals surface area contributed by atoms with Crippen LogP contribution in [0.1, 0.15) is 32.1 Å². The number of amides is 6. The third kappa shape index (κ3) is 12.3. The Morgan fingerprint density at radius 2 is 1.12 bits per heavy atom. The summed E-state index contributed by atoms with van der Waals surface area (Å²) in [5, 5.41) is 15.8. The van der Waals surface area contributed by atoms with Crippen molar-refractivity contribution in [3.8, 4) is 0 Å². The van der Waals surface area contributed by atoms with Gasteiger partial charge < -0.3 is 44.0 Å². The molecule has 0 rings (SSSR count). The van der Waals surface area contributed by atoms with Crippen molar-refractivity contribution >= 4 is 54.0 Å². The minimum absolute atomic E-state index is 0.0672. The van der Waals surface area contributed by atoms with Gasteiger partial charge >= 0.3 is 5.97 Å². The molecule has 0 aromatic rings. The fraction of sp³-hybridized carbons (Fsp3) is 0.588. The van der Waals surface area contributed by atoms with Gasteiger partial charge in [0.05, 0.1) is 12.5 Å². The summed E-state index contributed by atoms with van der Waals surface area (Å²) in [7, 11) is 0. The number of primary amides is 3. The maximum atomic E-state index is 12.7. The molecule has 186 valence electrons. The van der Waals surface area contributed by atoms with Gasteiger partial charge in [0.1, 0.15) is 18.1 Å². The lowest BCUT2D eigenvalue weighted by molar-refractivity contribution is -0.143. The summed E-state index contributed by atoms with van der Waals surface area (Å²) in [6.45, 7) is 0.